The highest BCUT2D eigenvalue weighted by atomic mass is 19.4. The molecule has 0 radical (unpaired) electrons. The molecular weight excluding hydrogens is 283 g/mol. The highest BCUT2D eigenvalue weighted by molar-refractivity contribution is 6.04. The van der Waals surface area contributed by atoms with Gasteiger partial charge in [0.05, 0.1) is 5.56 Å². The Morgan fingerprint density at radius 3 is 2.57 bits per heavy atom. The Kier molecular flexibility index (Phi) is 3.84. The van der Waals surface area contributed by atoms with Crippen molar-refractivity contribution in [3.8, 4) is 0 Å². The number of halogens is 3. The van der Waals surface area contributed by atoms with E-state index in [9.17, 15) is 18.0 Å². The van der Waals surface area contributed by atoms with E-state index in [-0.39, 0.29) is 11.4 Å². The standard InChI is InChI=1S/C14H12F3N3O/c1-8-3-2-4-12(19-8)20-13(21)9-5-6-11(18)10(7-9)14(15,16)17/h2-7H,18H2,1H3,(H,19,20,21). The normalized spacial score (nSPS) is 11.2. The van der Waals surface area contributed by atoms with Crippen LogP contribution in [-0.4, -0.2) is 10.9 Å². The van der Waals surface area contributed by atoms with Crippen LogP contribution in [0, 0.1) is 6.92 Å². The number of hydrogen-bond acceptors (Lipinski definition) is 3. The first kappa shape index (κ1) is 14.8. The van der Waals surface area contributed by atoms with Crippen LogP contribution in [0.5, 0.6) is 0 Å². The minimum absolute atomic E-state index is 0.139. The minimum atomic E-state index is -4.61. The maximum atomic E-state index is 12.7. The summed E-state index contributed by atoms with van der Waals surface area (Å²) in [6, 6.07) is 7.98. The monoisotopic (exact) mass is 295 g/mol. The maximum Gasteiger partial charge on any atom is 0.418 e. The van der Waals surface area contributed by atoms with Crippen molar-refractivity contribution in [2.24, 2.45) is 0 Å². The summed E-state index contributed by atoms with van der Waals surface area (Å²) in [5.41, 5.74) is 4.37. The van der Waals surface area contributed by atoms with Crippen molar-refractivity contribution in [1.29, 1.82) is 0 Å². The second kappa shape index (κ2) is 5.43. The van der Waals surface area contributed by atoms with Gasteiger partial charge in [-0.1, -0.05) is 6.07 Å². The lowest BCUT2D eigenvalue weighted by Gasteiger charge is -2.11. The fourth-order valence-electron chi connectivity index (χ4n) is 1.74. The molecule has 110 valence electrons. The first-order valence-corrected chi connectivity index (χ1v) is 5.99. The van der Waals surface area contributed by atoms with Crippen LogP contribution in [0.4, 0.5) is 24.7 Å². The lowest BCUT2D eigenvalue weighted by atomic mass is 10.1. The largest absolute Gasteiger partial charge is 0.418 e. The number of rotatable bonds is 2. The van der Waals surface area contributed by atoms with Gasteiger partial charge < -0.3 is 11.1 Å². The molecule has 1 amide bonds. The Labute approximate surface area is 118 Å². The molecule has 2 aromatic rings. The Bertz CT molecular complexity index is 683. The van der Waals surface area contributed by atoms with Crippen molar-refractivity contribution >= 4 is 17.4 Å². The fraction of sp³-hybridized carbons (Fsp3) is 0.143. The molecule has 0 aliphatic carbocycles. The third kappa shape index (κ3) is 3.50. The zero-order chi connectivity index (χ0) is 15.6. The third-order valence-electron chi connectivity index (χ3n) is 2.75. The number of nitrogens with zero attached hydrogens (tertiary/aromatic N) is 1. The predicted molar refractivity (Wildman–Crippen MR) is 72.8 cm³/mol. The van der Waals surface area contributed by atoms with E-state index in [4.69, 9.17) is 5.73 Å². The number of nitrogen functional groups attached to an aromatic ring is 1. The van der Waals surface area contributed by atoms with Gasteiger partial charge in [-0.25, -0.2) is 4.98 Å². The summed E-state index contributed by atoms with van der Waals surface area (Å²) < 4.78 is 38.2. The molecule has 3 N–H and O–H groups in total. The Balaban J connectivity index is 2.28. The molecule has 4 nitrogen and oxygen atoms in total. The van der Waals surface area contributed by atoms with Gasteiger partial charge in [0.25, 0.3) is 5.91 Å². The number of pyridine rings is 1. The molecule has 0 unspecified atom stereocenters. The van der Waals surface area contributed by atoms with Gasteiger partial charge >= 0.3 is 6.18 Å². The molecule has 0 aliphatic rings. The number of hydrogen-bond donors (Lipinski definition) is 2. The second-order valence-electron chi connectivity index (χ2n) is 4.42. The molecule has 0 saturated heterocycles. The smallest absolute Gasteiger partial charge is 0.398 e. The summed E-state index contributed by atoms with van der Waals surface area (Å²) >= 11 is 0. The van der Waals surface area contributed by atoms with E-state index in [0.717, 1.165) is 12.1 Å². The Morgan fingerprint density at radius 1 is 1.24 bits per heavy atom. The van der Waals surface area contributed by atoms with E-state index in [1.807, 2.05) is 0 Å². The average Bonchev–Trinajstić information content (AvgIpc) is 2.37. The van der Waals surface area contributed by atoms with Crippen molar-refractivity contribution in [1.82, 2.24) is 4.98 Å². The highest BCUT2D eigenvalue weighted by Crippen LogP contribution is 2.34. The number of amides is 1. The Hall–Kier alpha value is -2.57. The van der Waals surface area contributed by atoms with Gasteiger partial charge in [-0.05, 0) is 37.3 Å². The van der Waals surface area contributed by atoms with E-state index in [1.54, 1.807) is 25.1 Å². The minimum Gasteiger partial charge on any atom is -0.398 e. The molecule has 2 rings (SSSR count). The van der Waals surface area contributed by atoms with Crippen LogP contribution in [0.25, 0.3) is 0 Å². The van der Waals surface area contributed by atoms with Gasteiger partial charge in [-0.15, -0.1) is 0 Å². The number of alkyl halides is 3. The maximum absolute atomic E-state index is 12.7. The number of anilines is 2. The van der Waals surface area contributed by atoms with Gasteiger partial charge in [0, 0.05) is 16.9 Å². The zero-order valence-corrected chi connectivity index (χ0v) is 11.0. The number of aromatic nitrogens is 1. The van der Waals surface area contributed by atoms with E-state index >= 15 is 0 Å². The molecule has 0 saturated carbocycles. The van der Waals surface area contributed by atoms with E-state index in [0.29, 0.717) is 5.69 Å². The lowest BCUT2D eigenvalue weighted by molar-refractivity contribution is -0.136. The summed E-state index contributed by atoms with van der Waals surface area (Å²) in [6.07, 6.45) is -4.61. The topological polar surface area (TPSA) is 68.0 Å². The molecule has 7 heteroatoms. The second-order valence-corrected chi connectivity index (χ2v) is 4.42. The molecule has 1 aromatic heterocycles. The van der Waals surface area contributed by atoms with Crippen molar-refractivity contribution in [2.45, 2.75) is 13.1 Å². The van der Waals surface area contributed by atoms with Crippen LogP contribution in [0.1, 0.15) is 21.6 Å². The predicted octanol–water partition coefficient (Wildman–Crippen LogP) is 3.24. The van der Waals surface area contributed by atoms with Crippen LogP contribution < -0.4 is 11.1 Å². The van der Waals surface area contributed by atoms with Gasteiger partial charge in [-0.3, -0.25) is 4.79 Å². The molecule has 0 aliphatic heterocycles. The van der Waals surface area contributed by atoms with Crippen molar-refractivity contribution in [3.05, 3.63) is 53.2 Å². The summed E-state index contributed by atoms with van der Waals surface area (Å²) in [5.74, 6) is -0.413. The first-order chi connectivity index (χ1) is 9.77. The van der Waals surface area contributed by atoms with Gasteiger partial charge in [0.15, 0.2) is 0 Å². The fourth-order valence-corrected chi connectivity index (χ4v) is 1.74. The summed E-state index contributed by atoms with van der Waals surface area (Å²) in [5, 5.41) is 2.44. The summed E-state index contributed by atoms with van der Waals surface area (Å²) in [6.45, 7) is 1.74. The van der Waals surface area contributed by atoms with E-state index < -0.39 is 23.3 Å². The number of nitrogens with one attached hydrogen (secondary N) is 1. The molecule has 0 spiro atoms. The van der Waals surface area contributed by atoms with Crippen LogP contribution in [0.2, 0.25) is 0 Å². The molecule has 1 heterocycles. The van der Waals surface area contributed by atoms with Crippen molar-refractivity contribution in [2.75, 3.05) is 11.1 Å². The lowest BCUT2D eigenvalue weighted by Crippen LogP contribution is -2.16. The molecule has 0 atom stereocenters. The van der Waals surface area contributed by atoms with Crippen LogP contribution in [0.3, 0.4) is 0 Å². The molecule has 21 heavy (non-hydrogen) atoms. The quantitative estimate of drug-likeness (QED) is 0.836. The number of aryl methyl sites for hydroxylation is 1. The van der Waals surface area contributed by atoms with Crippen LogP contribution in [0.15, 0.2) is 36.4 Å². The van der Waals surface area contributed by atoms with E-state index in [2.05, 4.69) is 10.3 Å². The van der Waals surface area contributed by atoms with E-state index in [1.165, 1.54) is 6.07 Å². The molecular formula is C14H12F3N3O. The highest BCUT2D eigenvalue weighted by Gasteiger charge is 2.33. The third-order valence-corrected chi connectivity index (χ3v) is 2.75. The zero-order valence-electron chi connectivity index (χ0n) is 11.0. The number of nitrogens with two attached hydrogens (primary N) is 1. The number of carbonyl (C=O) groups excluding carboxylic acids is 1. The SMILES string of the molecule is Cc1cccc(NC(=O)c2ccc(N)c(C(F)(F)F)c2)n1. The average molecular weight is 295 g/mol. The van der Waals surface area contributed by atoms with Gasteiger partial charge in [0.1, 0.15) is 5.82 Å². The molecule has 0 bridgehead atoms. The summed E-state index contributed by atoms with van der Waals surface area (Å²) in [7, 11) is 0. The van der Waals surface area contributed by atoms with Crippen molar-refractivity contribution < 1.29 is 18.0 Å². The van der Waals surface area contributed by atoms with Crippen molar-refractivity contribution in [3.63, 3.8) is 0 Å². The number of benzene rings is 1. The Morgan fingerprint density at radius 2 is 1.95 bits per heavy atom. The van der Waals surface area contributed by atoms with Crippen LogP contribution in [-0.2, 0) is 6.18 Å². The number of carbonyl (C=O) groups is 1. The van der Waals surface area contributed by atoms with Crippen LogP contribution >= 0.6 is 0 Å². The van der Waals surface area contributed by atoms with Gasteiger partial charge in [-0.2, -0.15) is 13.2 Å². The summed E-state index contributed by atoms with van der Waals surface area (Å²) in [4.78, 5) is 16.0. The molecule has 1 aromatic carbocycles. The van der Waals surface area contributed by atoms with Gasteiger partial charge in [0.2, 0.25) is 0 Å². The molecule has 0 fully saturated rings. The first-order valence-electron chi connectivity index (χ1n) is 5.99.